The van der Waals surface area contributed by atoms with E-state index in [0.29, 0.717) is 0 Å². The lowest BCUT2D eigenvalue weighted by Crippen LogP contribution is -2.35. The van der Waals surface area contributed by atoms with Crippen molar-refractivity contribution in [2.75, 3.05) is 46.7 Å². The third-order valence-electron chi connectivity index (χ3n) is 1.56. The molecule has 0 rings (SSSR count). The summed E-state index contributed by atoms with van der Waals surface area (Å²) in [6.45, 7) is 0.923. The van der Waals surface area contributed by atoms with E-state index in [1.807, 2.05) is 49.8 Å². The second-order valence-electron chi connectivity index (χ2n) is 3.32. The van der Waals surface area contributed by atoms with Gasteiger partial charge in [-0.3, -0.25) is 4.99 Å². The predicted molar refractivity (Wildman–Crippen MR) is 62.7 cm³/mol. The summed E-state index contributed by atoms with van der Waals surface area (Å²) in [5, 5.41) is 0. The molecule has 78 valence electrons. The zero-order chi connectivity index (χ0) is 10.3. The highest BCUT2D eigenvalue weighted by atomic mass is 32.2. The number of guanidine groups is 1. The van der Waals surface area contributed by atoms with Gasteiger partial charge >= 0.3 is 0 Å². The fraction of sp³-hybridized carbons (Fsp3) is 0.889. The molecular weight excluding hydrogens is 182 g/mol. The molecule has 0 unspecified atom stereocenters. The summed E-state index contributed by atoms with van der Waals surface area (Å²) >= 11 is 1.87. The van der Waals surface area contributed by atoms with Crippen LogP contribution in [0.5, 0.6) is 0 Å². The van der Waals surface area contributed by atoms with Crippen molar-refractivity contribution >= 4 is 17.7 Å². The smallest absolute Gasteiger partial charge is 0.195 e. The minimum Gasteiger partial charge on any atom is -0.349 e. The maximum Gasteiger partial charge on any atom is 0.195 e. The lowest BCUT2D eigenvalue weighted by molar-refractivity contribution is 0.479. The molecule has 0 aromatic carbocycles. The van der Waals surface area contributed by atoms with Gasteiger partial charge in [0.25, 0.3) is 0 Å². The Hall–Kier alpha value is -0.380. The van der Waals surface area contributed by atoms with Gasteiger partial charge in [-0.05, 0) is 18.4 Å². The van der Waals surface area contributed by atoms with Gasteiger partial charge in [-0.2, -0.15) is 11.8 Å². The Labute approximate surface area is 86.2 Å². The van der Waals surface area contributed by atoms with Crippen LogP contribution in [0.2, 0.25) is 0 Å². The van der Waals surface area contributed by atoms with Crippen LogP contribution in [0.1, 0.15) is 6.42 Å². The van der Waals surface area contributed by atoms with Gasteiger partial charge < -0.3 is 9.80 Å². The molecule has 0 aliphatic rings. The molecule has 0 aromatic rings. The van der Waals surface area contributed by atoms with Gasteiger partial charge in [0.2, 0.25) is 0 Å². The second kappa shape index (κ2) is 7.06. The molecule has 0 aromatic heterocycles. The SMILES string of the molecule is CSCCCN=C(N(C)C)N(C)C. The van der Waals surface area contributed by atoms with Crippen LogP contribution in [0, 0.1) is 0 Å². The molecular formula is C9H21N3S. The molecule has 13 heavy (non-hydrogen) atoms. The Morgan fingerprint density at radius 2 is 1.69 bits per heavy atom. The van der Waals surface area contributed by atoms with E-state index < -0.39 is 0 Å². The van der Waals surface area contributed by atoms with Gasteiger partial charge in [0.15, 0.2) is 5.96 Å². The van der Waals surface area contributed by atoms with E-state index in [1.54, 1.807) is 0 Å². The van der Waals surface area contributed by atoms with Gasteiger partial charge in [0, 0.05) is 34.7 Å². The molecule has 4 heteroatoms. The van der Waals surface area contributed by atoms with Crippen LogP contribution >= 0.6 is 11.8 Å². The van der Waals surface area contributed by atoms with Crippen molar-refractivity contribution in [2.45, 2.75) is 6.42 Å². The van der Waals surface area contributed by atoms with Crippen molar-refractivity contribution in [3.63, 3.8) is 0 Å². The molecule has 0 atom stereocenters. The third kappa shape index (κ3) is 5.80. The molecule has 0 heterocycles. The lowest BCUT2D eigenvalue weighted by Gasteiger charge is -2.22. The Morgan fingerprint density at radius 3 is 2.08 bits per heavy atom. The molecule has 0 bridgehead atoms. The van der Waals surface area contributed by atoms with Crippen molar-refractivity contribution in [1.82, 2.24) is 9.80 Å². The van der Waals surface area contributed by atoms with Crippen molar-refractivity contribution in [3.05, 3.63) is 0 Å². The van der Waals surface area contributed by atoms with Crippen LogP contribution in [0.3, 0.4) is 0 Å². The predicted octanol–water partition coefficient (Wildman–Crippen LogP) is 1.22. The molecule has 0 amide bonds. The van der Waals surface area contributed by atoms with Gasteiger partial charge in [0.05, 0.1) is 0 Å². The van der Waals surface area contributed by atoms with Crippen LogP contribution in [0.4, 0.5) is 0 Å². The van der Waals surface area contributed by atoms with E-state index in [4.69, 9.17) is 0 Å². The number of nitrogens with zero attached hydrogens (tertiary/aromatic N) is 3. The summed E-state index contributed by atoms with van der Waals surface area (Å²) < 4.78 is 0. The monoisotopic (exact) mass is 203 g/mol. The lowest BCUT2D eigenvalue weighted by atomic mass is 10.5. The minimum absolute atomic E-state index is 0.923. The largest absolute Gasteiger partial charge is 0.349 e. The normalized spacial score (nSPS) is 9.62. The minimum atomic E-state index is 0.923. The Kier molecular flexibility index (Phi) is 6.86. The van der Waals surface area contributed by atoms with E-state index in [2.05, 4.69) is 11.2 Å². The molecule has 0 radical (unpaired) electrons. The number of aliphatic imine (C=N–C) groups is 1. The number of hydrogen-bond acceptors (Lipinski definition) is 2. The first kappa shape index (κ1) is 12.6. The average Bonchev–Trinajstić information content (AvgIpc) is 2.02. The Morgan fingerprint density at radius 1 is 1.15 bits per heavy atom. The number of hydrogen-bond donors (Lipinski definition) is 0. The number of thioether (sulfide) groups is 1. The summed E-state index contributed by atoms with van der Waals surface area (Å²) in [6.07, 6.45) is 3.29. The average molecular weight is 203 g/mol. The topological polar surface area (TPSA) is 18.8 Å². The molecule has 0 spiro atoms. The van der Waals surface area contributed by atoms with Crippen molar-refractivity contribution in [3.8, 4) is 0 Å². The summed E-state index contributed by atoms with van der Waals surface area (Å²) in [4.78, 5) is 8.60. The van der Waals surface area contributed by atoms with E-state index in [1.165, 1.54) is 5.75 Å². The Bertz CT molecular complexity index is 145. The molecule has 0 fully saturated rings. The first-order chi connectivity index (χ1) is 6.09. The quantitative estimate of drug-likeness (QED) is 0.389. The van der Waals surface area contributed by atoms with E-state index >= 15 is 0 Å². The molecule has 3 nitrogen and oxygen atoms in total. The van der Waals surface area contributed by atoms with Crippen LogP contribution in [-0.4, -0.2) is 62.5 Å². The van der Waals surface area contributed by atoms with E-state index in [9.17, 15) is 0 Å². The highest BCUT2D eigenvalue weighted by Gasteiger charge is 2.02. The van der Waals surface area contributed by atoms with Crippen molar-refractivity contribution in [1.29, 1.82) is 0 Å². The zero-order valence-corrected chi connectivity index (χ0v) is 10.2. The maximum atomic E-state index is 4.52. The van der Waals surface area contributed by atoms with Gasteiger partial charge in [-0.1, -0.05) is 0 Å². The Balaban J connectivity index is 3.90. The van der Waals surface area contributed by atoms with Crippen LogP contribution in [-0.2, 0) is 0 Å². The molecule has 0 saturated carbocycles. The second-order valence-corrected chi connectivity index (χ2v) is 4.30. The summed E-state index contributed by atoms with van der Waals surface area (Å²) in [5.74, 6) is 2.23. The highest BCUT2D eigenvalue weighted by molar-refractivity contribution is 7.98. The maximum absolute atomic E-state index is 4.52. The summed E-state index contributed by atoms with van der Waals surface area (Å²) in [6, 6.07) is 0. The van der Waals surface area contributed by atoms with Crippen molar-refractivity contribution < 1.29 is 0 Å². The fourth-order valence-corrected chi connectivity index (χ4v) is 1.49. The molecule has 0 saturated heterocycles. The third-order valence-corrected chi connectivity index (χ3v) is 2.26. The molecule has 0 N–H and O–H groups in total. The van der Waals surface area contributed by atoms with Gasteiger partial charge in [-0.25, -0.2) is 0 Å². The highest BCUT2D eigenvalue weighted by Crippen LogP contribution is 1.96. The van der Waals surface area contributed by atoms with E-state index in [0.717, 1.165) is 18.9 Å². The van der Waals surface area contributed by atoms with Gasteiger partial charge in [-0.15, -0.1) is 0 Å². The standard InChI is InChI=1S/C9H21N3S/c1-11(2)9(12(3)4)10-7-6-8-13-5/h6-8H2,1-5H3. The van der Waals surface area contributed by atoms with Crippen LogP contribution in [0.15, 0.2) is 4.99 Å². The molecule has 0 aliphatic carbocycles. The summed E-state index contributed by atoms with van der Waals surface area (Å²) in [7, 11) is 8.08. The zero-order valence-electron chi connectivity index (χ0n) is 9.37. The van der Waals surface area contributed by atoms with Gasteiger partial charge in [0.1, 0.15) is 0 Å². The van der Waals surface area contributed by atoms with E-state index in [-0.39, 0.29) is 0 Å². The fourth-order valence-electron chi connectivity index (χ4n) is 1.07. The number of rotatable bonds is 4. The first-order valence-corrected chi connectivity index (χ1v) is 5.87. The molecule has 0 aliphatic heterocycles. The van der Waals surface area contributed by atoms with Crippen LogP contribution in [0.25, 0.3) is 0 Å². The summed E-state index contributed by atoms with van der Waals surface area (Å²) in [5.41, 5.74) is 0. The van der Waals surface area contributed by atoms with Crippen LogP contribution < -0.4 is 0 Å². The first-order valence-electron chi connectivity index (χ1n) is 4.47. The van der Waals surface area contributed by atoms with Crippen molar-refractivity contribution in [2.24, 2.45) is 4.99 Å².